The Morgan fingerprint density at radius 3 is 2.75 bits per heavy atom. The molecule has 0 radical (unpaired) electrons. The molecule has 0 saturated carbocycles. The van der Waals surface area contributed by atoms with Gasteiger partial charge in [-0.05, 0) is 12.0 Å². The zero-order valence-corrected chi connectivity index (χ0v) is 14.9. The van der Waals surface area contributed by atoms with Gasteiger partial charge >= 0.3 is 0 Å². The molecule has 0 aliphatic carbocycles. The van der Waals surface area contributed by atoms with Crippen LogP contribution in [0.5, 0.6) is 0 Å². The van der Waals surface area contributed by atoms with E-state index in [1.54, 1.807) is 6.33 Å². The smallest absolute Gasteiger partial charge is 0.194 e. The fourth-order valence-corrected chi connectivity index (χ4v) is 2.49. The third kappa shape index (κ3) is 5.37. The van der Waals surface area contributed by atoms with Crippen molar-refractivity contribution in [3.8, 4) is 0 Å². The van der Waals surface area contributed by atoms with Gasteiger partial charge in [-0.2, -0.15) is 0 Å². The van der Waals surface area contributed by atoms with Gasteiger partial charge in [0.2, 0.25) is 0 Å². The zero-order valence-electron chi connectivity index (χ0n) is 14.9. The van der Waals surface area contributed by atoms with Gasteiger partial charge in [0.05, 0.1) is 0 Å². The van der Waals surface area contributed by atoms with Crippen molar-refractivity contribution in [3.63, 3.8) is 0 Å². The number of benzene rings is 1. The van der Waals surface area contributed by atoms with Crippen LogP contribution >= 0.6 is 0 Å². The average Bonchev–Trinajstić information content (AvgIpc) is 3.06. The molecule has 0 amide bonds. The molecule has 0 bridgehead atoms. The van der Waals surface area contributed by atoms with E-state index in [1.165, 1.54) is 5.56 Å². The molecule has 1 aromatic carbocycles. The SMILES string of the molecule is CCCN=C(NCCn1cnnc1CC)N(C)Cc1ccccc1. The van der Waals surface area contributed by atoms with Crippen LogP contribution in [0.4, 0.5) is 0 Å². The van der Waals surface area contributed by atoms with Crippen molar-refractivity contribution < 1.29 is 0 Å². The minimum Gasteiger partial charge on any atom is -0.354 e. The van der Waals surface area contributed by atoms with E-state index in [-0.39, 0.29) is 0 Å². The number of hydrogen-bond donors (Lipinski definition) is 1. The van der Waals surface area contributed by atoms with Gasteiger partial charge in [-0.3, -0.25) is 4.99 Å². The van der Waals surface area contributed by atoms with Crippen molar-refractivity contribution in [1.29, 1.82) is 0 Å². The van der Waals surface area contributed by atoms with E-state index in [0.717, 1.165) is 50.8 Å². The van der Waals surface area contributed by atoms with Gasteiger partial charge in [0.1, 0.15) is 12.2 Å². The summed E-state index contributed by atoms with van der Waals surface area (Å²) in [4.78, 5) is 6.86. The lowest BCUT2D eigenvalue weighted by atomic mass is 10.2. The molecule has 0 saturated heterocycles. The van der Waals surface area contributed by atoms with Crippen molar-refractivity contribution >= 4 is 5.96 Å². The first kappa shape index (κ1) is 18.0. The van der Waals surface area contributed by atoms with Gasteiger partial charge < -0.3 is 14.8 Å². The highest BCUT2D eigenvalue weighted by Gasteiger charge is 2.07. The molecule has 130 valence electrons. The van der Waals surface area contributed by atoms with Gasteiger partial charge in [-0.25, -0.2) is 0 Å². The molecule has 24 heavy (non-hydrogen) atoms. The molecule has 1 N–H and O–H groups in total. The van der Waals surface area contributed by atoms with Gasteiger partial charge in [-0.15, -0.1) is 10.2 Å². The summed E-state index contributed by atoms with van der Waals surface area (Å²) < 4.78 is 2.08. The maximum atomic E-state index is 4.69. The number of rotatable bonds is 8. The molecule has 6 heteroatoms. The molecule has 0 aliphatic heterocycles. The Labute approximate surface area is 144 Å². The molecule has 2 aromatic rings. The molecule has 1 aromatic heterocycles. The summed E-state index contributed by atoms with van der Waals surface area (Å²) >= 11 is 0. The lowest BCUT2D eigenvalue weighted by Crippen LogP contribution is -2.40. The molecular formula is C18H28N6. The van der Waals surface area contributed by atoms with Crippen molar-refractivity contribution in [2.24, 2.45) is 4.99 Å². The average molecular weight is 328 g/mol. The Morgan fingerprint density at radius 2 is 2.04 bits per heavy atom. The van der Waals surface area contributed by atoms with Crippen LogP contribution in [0.3, 0.4) is 0 Å². The standard InChI is InChI=1S/C18H28N6/c1-4-11-19-18(23(3)14-16-9-7-6-8-10-16)20-12-13-24-15-21-22-17(24)5-2/h6-10,15H,4-5,11-14H2,1-3H3,(H,19,20). The maximum Gasteiger partial charge on any atom is 0.194 e. The van der Waals surface area contributed by atoms with Crippen LogP contribution < -0.4 is 5.32 Å². The third-order valence-corrected chi connectivity index (χ3v) is 3.76. The fourth-order valence-electron chi connectivity index (χ4n) is 2.49. The minimum absolute atomic E-state index is 0.798. The summed E-state index contributed by atoms with van der Waals surface area (Å²) in [6.07, 6.45) is 3.72. The van der Waals surface area contributed by atoms with Gasteiger partial charge in [0.25, 0.3) is 0 Å². The van der Waals surface area contributed by atoms with E-state index < -0.39 is 0 Å². The number of guanidine groups is 1. The second kappa shape index (κ2) is 9.70. The summed E-state index contributed by atoms with van der Waals surface area (Å²) in [5.74, 6) is 1.95. The highest BCUT2D eigenvalue weighted by molar-refractivity contribution is 5.79. The molecule has 0 fully saturated rings. The Morgan fingerprint density at radius 1 is 1.25 bits per heavy atom. The second-order valence-corrected chi connectivity index (χ2v) is 5.77. The van der Waals surface area contributed by atoms with Gasteiger partial charge in [0.15, 0.2) is 5.96 Å². The number of aryl methyl sites for hydroxylation is 1. The number of aliphatic imine (C=N–C) groups is 1. The van der Waals surface area contributed by atoms with Crippen molar-refractivity contribution in [1.82, 2.24) is 25.0 Å². The van der Waals surface area contributed by atoms with E-state index in [1.807, 2.05) is 6.07 Å². The lowest BCUT2D eigenvalue weighted by Gasteiger charge is -2.23. The largest absolute Gasteiger partial charge is 0.354 e. The quantitative estimate of drug-likeness (QED) is 0.597. The lowest BCUT2D eigenvalue weighted by molar-refractivity contribution is 0.470. The molecule has 1 heterocycles. The third-order valence-electron chi connectivity index (χ3n) is 3.76. The molecule has 0 atom stereocenters. The van der Waals surface area contributed by atoms with Crippen molar-refractivity contribution in [2.75, 3.05) is 20.1 Å². The van der Waals surface area contributed by atoms with Gasteiger partial charge in [0, 0.05) is 39.6 Å². The van der Waals surface area contributed by atoms with E-state index in [9.17, 15) is 0 Å². The molecule has 0 unspecified atom stereocenters. The van der Waals surface area contributed by atoms with Crippen LogP contribution in [0.1, 0.15) is 31.7 Å². The summed E-state index contributed by atoms with van der Waals surface area (Å²) in [7, 11) is 2.07. The molecule has 0 aliphatic rings. The van der Waals surface area contributed by atoms with Crippen molar-refractivity contribution in [3.05, 3.63) is 48.0 Å². The van der Waals surface area contributed by atoms with Crippen LogP contribution in [0.2, 0.25) is 0 Å². The molecule has 6 nitrogen and oxygen atoms in total. The normalized spacial score (nSPS) is 11.5. The highest BCUT2D eigenvalue weighted by Crippen LogP contribution is 2.03. The van der Waals surface area contributed by atoms with Crippen LogP contribution in [0, 0.1) is 0 Å². The minimum atomic E-state index is 0.798. The molecular weight excluding hydrogens is 300 g/mol. The summed E-state index contributed by atoms with van der Waals surface area (Å²) in [6, 6.07) is 10.4. The second-order valence-electron chi connectivity index (χ2n) is 5.77. The first-order valence-corrected chi connectivity index (χ1v) is 8.64. The summed E-state index contributed by atoms with van der Waals surface area (Å²) in [6.45, 7) is 7.53. The predicted octanol–water partition coefficient (Wildman–Crippen LogP) is 2.33. The van der Waals surface area contributed by atoms with E-state index in [2.05, 4.69) is 70.1 Å². The Balaban J connectivity index is 1.92. The monoisotopic (exact) mass is 328 g/mol. The Hall–Kier alpha value is -2.37. The van der Waals surface area contributed by atoms with Crippen LogP contribution in [-0.2, 0) is 19.5 Å². The van der Waals surface area contributed by atoms with Crippen LogP contribution in [0.25, 0.3) is 0 Å². The number of aromatic nitrogens is 3. The Bertz CT molecular complexity index is 619. The fraction of sp³-hybridized carbons (Fsp3) is 0.500. The van der Waals surface area contributed by atoms with Gasteiger partial charge in [-0.1, -0.05) is 44.2 Å². The first-order chi connectivity index (χ1) is 11.7. The van der Waals surface area contributed by atoms with Crippen LogP contribution in [-0.4, -0.2) is 45.8 Å². The number of hydrogen-bond acceptors (Lipinski definition) is 3. The number of nitrogens with zero attached hydrogens (tertiary/aromatic N) is 5. The van der Waals surface area contributed by atoms with Crippen molar-refractivity contribution in [2.45, 2.75) is 39.8 Å². The van der Waals surface area contributed by atoms with E-state index in [4.69, 9.17) is 4.99 Å². The molecule has 0 spiro atoms. The highest BCUT2D eigenvalue weighted by atomic mass is 15.3. The Kier molecular flexibility index (Phi) is 7.26. The summed E-state index contributed by atoms with van der Waals surface area (Å²) in [5.41, 5.74) is 1.28. The predicted molar refractivity (Wildman–Crippen MR) is 97.9 cm³/mol. The number of nitrogens with one attached hydrogen (secondary N) is 1. The summed E-state index contributed by atoms with van der Waals surface area (Å²) in [5, 5.41) is 11.6. The van der Waals surface area contributed by atoms with E-state index >= 15 is 0 Å². The van der Waals surface area contributed by atoms with Crippen LogP contribution in [0.15, 0.2) is 41.7 Å². The maximum absolute atomic E-state index is 4.69. The van der Waals surface area contributed by atoms with E-state index in [0.29, 0.717) is 0 Å². The zero-order chi connectivity index (χ0) is 17.2. The molecule has 2 rings (SSSR count). The topological polar surface area (TPSA) is 58.3 Å². The first-order valence-electron chi connectivity index (χ1n) is 8.64.